The summed E-state index contributed by atoms with van der Waals surface area (Å²) in [6.45, 7) is 16.8. The summed E-state index contributed by atoms with van der Waals surface area (Å²) in [5.41, 5.74) is 8.49. The number of rotatable bonds is 3. The highest BCUT2D eigenvalue weighted by atomic mass is 31.0. The zero-order valence-electron chi connectivity index (χ0n) is 17.6. The highest BCUT2D eigenvalue weighted by molar-refractivity contribution is 7.22. The Morgan fingerprint density at radius 1 is 0.880 bits per heavy atom. The second kappa shape index (κ2) is 13.6. The van der Waals surface area contributed by atoms with Crippen LogP contribution in [0.3, 0.4) is 0 Å². The molecule has 0 spiro atoms. The minimum absolute atomic E-state index is 0.770. The molecule has 0 aromatic carbocycles. The summed E-state index contributed by atoms with van der Waals surface area (Å²) in [4.78, 5) is 0. The molecular weight excluding hydrogens is 321 g/mol. The van der Waals surface area contributed by atoms with Gasteiger partial charge < -0.3 is 5.73 Å². The molecule has 2 saturated carbocycles. The molecule has 0 aliphatic heterocycles. The van der Waals surface area contributed by atoms with Crippen molar-refractivity contribution in [2.24, 2.45) is 29.4 Å². The molecule has 0 saturated heterocycles. The van der Waals surface area contributed by atoms with Gasteiger partial charge in [-0.15, -0.1) is 22.4 Å². The largest absolute Gasteiger partial charge is 0.398 e. The van der Waals surface area contributed by atoms with Crippen LogP contribution in [0.5, 0.6) is 0 Å². The van der Waals surface area contributed by atoms with E-state index in [9.17, 15) is 0 Å². The van der Waals surface area contributed by atoms with Crippen molar-refractivity contribution in [3.8, 4) is 0 Å². The molecule has 2 rings (SSSR count). The van der Waals surface area contributed by atoms with Gasteiger partial charge in [-0.25, -0.2) is 0 Å². The number of hydrogen-bond acceptors (Lipinski definition) is 1. The van der Waals surface area contributed by atoms with Gasteiger partial charge in [-0.2, -0.15) is 0 Å². The molecular formula is C23H44NP. The molecule has 2 heteroatoms. The summed E-state index contributed by atoms with van der Waals surface area (Å²) in [5, 5.41) is 1.15. The first-order valence-corrected chi connectivity index (χ1v) is 10.9. The van der Waals surface area contributed by atoms with Crippen molar-refractivity contribution < 1.29 is 0 Å². The highest BCUT2D eigenvalue weighted by Crippen LogP contribution is 2.42. The molecule has 0 bridgehead atoms. The van der Waals surface area contributed by atoms with Gasteiger partial charge in [0.25, 0.3) is 0 Å². The van der Waals surface area contributed by atoms with E-state index in [4.69, 9.17) is 5.73 Å². The lowest BCUT2D eigenvalue weighted by Gasteiger charge is -2.37. The van der Waals surface area contributed by atoms with Gasteiger partial charge in [-0.1, -0.05) is 39.2 Å². The lowest BCUT2D eigenvalue weighted by atomic mass is 9.68. The van der Waals surface area contributed by atoms with Crippen LogP contribution in [0.25, 0.3) is 0 Å². The van der Waals surface area contributed by atoms with E-state index in [0.29, 0.717) is 0 Å². The quantitative estimate of drug-likeness (QED) is 0.313. The van der Waals surface area contributed by atoms with E-state index in [1.54, 1.807) is 0 Å². The average molecular weight is 366 g/mol. The first-order valence-electron chi connectivity index (χ1n) is 10.4. The van der Waals surface area contributed by atoms with Crippen LogP contribution in [0.1, 0.15) is 86.0 Å². The van der Waals surface area contributed by atoms with E-state index < -0.39 is 0 Å². The van der Waals surface area contributed by atoms with Gasteiger partial charge in [-0.3, -0.25) is 0 Å². The Labute approximate surface area is 160 Å². The molecule has 0 heterocycles. The molecule has 1 nitrogen and oxygen atoms in total. The van der Waals surface area contributed by atoms with Gasteiger partial charge in [-0.05, 0) is 87.4 Å². The van der Waals surface area contributed by atoms with Crippen molar-refractivity contribution in [2.45, 2.75) is 86.0 Å². The van der Waals surface area contributed by atoms with Crippen molar-refractivity contribution in [3.05, 3.63) is 35.8 Å². The fourth-order valence-corrected chi connectivity index (χ4v) is 4.36. The minimum atomic E-state index is 0.770. The van der Waals surface area contributed by atoms with Crippen LogP contribution in [0, 0.1) is 23.7 Å². The van der Waals surface area contributed by atoms with Crippen LogP contribution >= 0.6 is 9.24 Å². The van der Waals surface area contributed by atoms with Crippen LogP contribution < -0.4 is 5.73 Å². The van der Waals surface area contributed by atoms with Crippen molar-refractivity contribution >= 4 is 9.24 Å². The molecule has 2 N–H and O–H groups in total. The minimum Gasteiger partial charge on any atom is -0.398 e. The van der Waals surface area contributed by atoms with E-state index in [0.717, 1.165) is 34.7 Å². The molecule has 25 heavy (non-hydrogen) atoms. The highest BCUT2D eigenvalue weighted by Gasteiger charge is 2.30. The topological polar surface area (TPSA) is 26.0 Å². The summed E-state index contributed by atoms with van der Waals surface area (Å²) in [7, 11) is 2.71. The molecule has 0 aromatic heterocycles. The third kappa shape index (κ3) is 8.59. The van der Waals surface area contributed by atoms with Gasteiger partial charge in [0.05, 0.1) is 0 Å². The van der Waals surface area contributed by atoms with E-state index in [1.165, 1.54) is 56.9 Å². The Hall–Kier alpha value is -0.550. The van der Waals surface area contributed by atoms with Gasteiger partial charge in [0.15, 0.2) is 0 Å². The van der Waals surface area contributed by atoms with Crippen molar-refractivity contribution in [3.63, 3.8) is 0 Å². The molecule has 0 radical (unpaired) electrons. The maximum Gasteiger partial charge on any atom is 0.0342 e. The molecule has 2 aliphatic carbocycles. The smallest absolute Gasteiger partial charge is 0.0342 e. The SMILES string of the molecule is C/C(P)=C(N)\C=C(/C)C1CCC(C2CCC(C)CC2)CC1.C=C.CC. The van der Waals surface area contributed by atoms with E-state index in [-0.39, 0.29) is 0 Å². The first-order chi connectivity index (χ1) is 12.0. The molecule has 0 aromatic rings. The second-order valence-corrected chi connectivity index (χ2v) is 8.52. The summed E-state index contributed by atoms with van der Waals surface area (Å²) in [5.74, 6) is 3.79. The first kappa shape index (κ1) is 24.5. The van der Waals surface area contributed by atoms with Gasteiger partial charge in [0.2, 0.25) is 0 Å². The second-order valence-electron chi connectivity index (χ2n) is 7.66. The number of hydrogen-bond donors (Lipinski definition) is 1. The Bertz CT molecular complexity index is 404. The Kier molecular flexibility index (Phi) is 13.3. The maximum atomic E-state index is 6.06. The van der Waals surface area contributed by atoms with E-state index in [1.807, 2.05) is 13.8 Å². The molecule has 1 unspecified atom stereocenters. The molecule has 2 aliphatic rings. The lowest BCUT2D eigenvalue weighted by molar-refractivity contribution is 0.158. The molecule has 2 fully saturated rings. The Balaban J connectivity index is 0.00000134. The van der Waals surface area contributed by atoms with Crippen LogP contribution in [0.2, 0.25) is 0 Å². The zero-order valence-corrected chi connectivity index (χ0v) is 18.8. The van der Waals surface area contributed by atoms with Crippen molar-refractivity contribution in [1.82, 2.24) is 0 Å². The lowest BCUT2D eigenvalue weighted by Crippen LogP contribution is -2.25. The summed E-state index contributed by atoms with van der Waals surface area (Å²) >= 11 is 0. The summed E-state index contributed by atoms with van der Waals surface area (Å²) in [6.07, 6.45) is 13.8. The number of allylic oxidation sites excluding steroid dienone is 3. The van der Waals surface area contributed by atoms with Crippen LogP contribution in [0.15, 0.2) is 35.8 Å². The van der Waals surface area contributed by atoms with Gasteiger partial charge >= 0.3 is 0 Å². The number of nitrogens with two attached hydrogens (primary N) is 1. The summed E-state index contributed by atoms with van der Waals surface area (Å²) < 4.78 is 0. The third-order valence-corrected chi connectivity index (χ3v) is 6.31. The van der Waals surface area contributed by atoms with Crippen molar-refractivity contribution in [2.75, 3.05) is 0 Å². The van der Waals surface area contributed by atoms with Crippen LogP contribution in [0.4, 0.5) is 0 Å². The Morgan fingerprint density at radius 3 is 1.68 bits per heavy atom. The van der Waals surface area contributed by atoms with Crippen LogP contribution in [-0.2, 0) is 0 Å². The maximum absolute atomic E-state index is 6.06. The normalized spacial score (nSPS) is 30.9. The molecule has 146 valence electrons. The molecule has 0 amide bonds. The monoisotopic (exact) mass is 365 g/mol. The van der Waals surface area contributed by atoms with Gasteiger partial charge in [0.1, 0.15) is 0 Å². The third-order valence-electron chi connectivity index (χ3n) is 5.98. The Morgan fingerprint density at radius 2 is 1.28 bits per heavy atom. The van der Waals surface area contributed by atoms with E-state index >= 15 is 0 Å². The fourth-order valence-electron chi connectivity index (χ4n) is 4.28. The predicted octanol–water partition coefficient (Wildman–Crippen LogP) is 7.46. The summed E-state index contributed by atoms with van der Waals surface area (Å²) in [6, 6.07) is 0. The standard InChI is InChI=1S/C19H34NP.C2H6.C2H4/c1-13-4-6-17(7-5-13)18-10-8-16(9-11-18)14(2)12-19(20)15(3)21;2*1-2/h12-13,16-18H,4-11,20-21H2,1-3H3;1-2H3;1-2H2/b14-12+,19-15-;;. The van der Waals surface area contributed by atoms with Gasteiger partial charge in [0, 0.05) is 5.70 Å². The fraction of sp³-hybridized carbons (Fsp3) is 0.739. The predicted molar refractivity (Wildman–Crippen MR) is 120 cm³/mol. The zero-order chi connectivity index (χ0) is 19.4. The van der Waals surface area contributed by atoms with E-state index in [2.05, 4.69) is 49.2 Å². The molecule has 1 atom stereocenters. The average Bonchev–Trinajstić information content (AvgIpc) is 2.65. The van der Waals surface area contributed by atoms with Crippen molar-refractivity contribution in [1.29, 1.82) is 0 Å². The van der Waals surface area contributed by atoms with Crippen LogP contribution in [-0.4, -0.2) is 0 Å².